The average Bonchev–Trinajstić information content (AvgIpc) is 2.85. The first-order chi connectivity index (χ1) is 16.4. The van der Waals surface area contributed by atoms with Crippen LogP contribution in [0.25, 0.3) is 0 Å². The highest BCUT2D eigenvalue weighted by molar-refractivity contribution is 7.92. The van der Waals surface area contributed by atoms with Gasteiger partial charge in [-0.05, 0) is 76.0 Å². The maximum Gasteiger partial charge on any atom is 0.339 e. The normalized spacial score (nSPS) is 18.0. The Morgan fingerprint density at radius 3 is 2.41 bits per heavy atom. The quantitative estimate of drug-likeness (QED) is 0.581. The Bertz CT molecular complexity index is 1090. The van der Waals surface area contributed by atoms with Crippen molar-refractivity contribution >= 4 is 27.5 Å². The number of pyridine rings is 1. The second-order valence-electron chi connectivity index (χ2n) is 8.73. The minimum absolute atomic E-state index is 0.0108. The molecule has 0 radical (unpaired) electrons. The van der Waals surface area contributed by atoms with Crippen LogP contribution in [0.1, 0.15) is 49.4 Å². The number of anilines is 2. The summed E-state index contributed by atoms with van der Waals surface area (Å²) in [6, 6.07) is 7.92. The number of hydrogen-bond acceptors (Lipinski definition) is 7. The van der Waals surface area contributed by atoms with Gasteiger partial charge in [0.05, 0.1) is 23.4 Å². The van der Waals surface area contributed by atoms with Crippen LogP contribution in [0, 0.1) is 0 Å². The molecule has 2 saturated heterocycles. The fourth-order valence-electron chi connectivity index (χ4n) is 4.74. The molecule has 9 nitrogen and oxygen atoms in total. The lowest BCUT2D eigenvalue weighted by Crippen LogP contribution is -2.47. The Morgan fingerprint density at radius 1 is 1.12 bits per heavy atom. The largest absolute Gasteiger partial charge is 0.494 e. The predicted molar refractivity (Wildman–Crippen MR) is 130 cm³/mol. The van der Waals surface area contributed by atoms with Crippen LogP contribution in [0.4, 0.5) is 11.5 Å². The molecule has 184 valence electrons. The zero-order valence-electron chi connectivity index (χ0n) is 19.4. The number of nitrogens with one attached hydrogen (secondary N) is 1. The van der Waals surface area contributed by atoms with Crippen molar-refractivity contribution in [1.82, 2.24) is 9.88 Å². The molecule has 0 spiro atoms. The Hall–Kier alpha value is -2.85. The van der Waals surface area contributed by atoms with Crippen LogP contribution in [-0.2, 0) is 10.0 Å². The fraction of sp³-hybridized carbons (Fsp3) is 0.500. The lowest BCUT2D eigenvalue weighted by molar-refractivity contribution is 0.0697. The number of sulfonamides is 1. The summed E-state index contributed by atoms with van der Waals surface area (Å²) in [6.45, 7) is 6.08. The minimum atomic E-state index is -3.90. The van der Waals surface area contributed by atoms with E-state index in [9.17, 15) is 18.3 Å². The van der Waals surface area contributed by atoms with E-state index in [4.69, 9.17) is 4.74 Å². The molecular formula is C24H32N4O5S. The molecule has 4 rings (SSSR count). The molecule has 2 N–H and O–H groups in total. The van der Waals surface area contributed by atoms with E-state index in [0.29, 0.717) is 24.2 Å². The summed E-state index contributed by atoms with van der Waals surface area (Å²) in [5.41, 5.74) is 0.0987. The zero-order valence-corrected chi connectivity index (χ0v) is 20.3. The lowest BCUT2D eigenvalue weighted by atomic mass is 9.99. The van der Waals surface area contributed by atoms with Gasteiger partial charge >= 0.3 is 5.97 Å². The SMILES string of the molecule is CCOc1ccc(S(=O)(=O)Nc2cnc(N3CCC(N4CCCCC4)CC3)c(C(=O)O)c2)cc1. The van der Waals surface area contributed by atoms with Crippen LogP contribution >= 0.6 is 0 Å². The van der Waals surface area contributed by atoms with Gasteiger partial charge in [-0.2, -0.15) is 0 Å². The molecule has 1 aromatic heterocycles. The van der Waals surface area contributed by atoms with E-state index in [0.717, 1.165) is 39.0 Å². The highest BCUT2D eigenvalue weighted by atomic mass is 32.2. The molecule has 0 unspecified atom stereocenters. The first-order valence-corrected chi connectivity index (χ1v) is 13.3. The number of carboxylic acid groups (broad SMARTS) is 1. The van der Waals surface area contributed by atoms with Crippen molar-refractivity contribution in [2.45, 2.75) is 50.0 Å². The van der Waals surface area contributed by atoms with E-state index >= 15 is 0 Å². The molecule has 0 saturated carbocycles. The Labute approximate surface area is 200 Å². The van der Waals surface area contributed by atoms with Crippen molar-refractivity contribution in [1.29, 1.82) is 0 Å². The summed E-state index contributed by atoms with van der Waals surface area (Å²) < 4.78 is 33.4. The standard InChI is InChI=1S/C24H32N4O5S/c1-2-33-20-6-8-21(9-7-20)34(31,32)26-18-16-22(24(29)30)23(25-17-18)28-14-10-19(11-15-28)27-12-4-3-5-13-27/h6-9,16-17,19,26H,2-5,10-15H2,1H3,(H,29,30). The fourth-order valence-corrected chi connectivity index (χ4v) is 5.78. The van der Waals surface area contributed by atoms with Gasteiger partial charge in [-0.1, -0.05) is 6.42 Å². The third kappa shape index (κ3) is 5.61. The van der Waals surface area contributed by atoms with E-state index < -0.39 is 16.0 Å². The zero-order chi connectivity index (χ0) is 24.1. The van der Waals surface area contributed by atoms with Gasteiger partial charge in [0.1, 0.15) is 17.1 Å². The van der Waals surface area contributed by atoms with Crippen LogP contribution < -0.4 is 14.4 Å². The number of hydrogen-bond donors (Lipinski definition) is 2. The summed E-state index contributed by atoms with van der Waals surface area (Å²) >= 11 is 0. The van der Waals surface area contributed by atoms with Crippen LogP contribution in [-0.4, -0.2) is 68.2 Å². The number of ether oxygens (including phenoxy) is 1. The van der Waals surface area contributed by atoms with E-state index in [1.165, 1.54) is 43.7 Å². The molecule has 10 heteroatoms. The molecule has 2 aliphatic rings. The van der Waals surface area contributed by atoms with Gasteiger partial charge in [-0.3, -0.25) is 4.72 Å². The van der Waals surface area contributed by atoms with Crippen LogP contribution in [0.5, 0.6) is 5.75 Å². The highest BCUT2D eigenvalue weighted by Crippen LogP contribution is 2.28. The molecule has 3 heterocycles. The maximum absolute atomic E-state index is 12.8. The van der Waals surface area contributed by atoms with Gasteiger partial charge in [0.2, 0.25) is 0 Å². The topological polar surface area (TPSA) is 112 Å². The van der Waals surface area contributed by atoms with Crippen molar-refractivity contribution in [2.24, 2.45) is 0 Å². The molecular weight excluding hydrogens is 456 g/mol. The van der Waals surface area contributed by atoms with Gasteiger partial charge in [-0.15, -0.1) is 0 Å². The first-order valence-electron chi connectivity index (χ1n) is 11.9. The van der Waals surface area contributed by atoms with Gasteiger partial charge in [0.15, 0.2) is 0 Å². The van der Waals surface area contributed by atoms with E-state index in [-0.39, 0.29) is 16.1 Å². The molecule has 0 aliphatic carbocycles. The number of rotatable bonds is 8. The van der Waals surface area contributed by atoms with Crippen molar-refractivity contribution in [2.75, 3.05) is 42.4 Å². The van der Waals surface area contributed by atoms with Crippen molar-refractivity contribution in [3.8, 4) is 5.75 Å². The summed E-state index contributed by atoms with van der Waals surface area (Å²) in [4.78, 5) is 21.0. The van der Waals surface area contributed by atoms with Crippen LogP contribution in [0.2, 0.25) is 0 Å². The van der Waals surface area contributed by atoms with Gasteiger partial charge in [0, 0.05) is 19.1 Å². The first kappa shape index (κ1) is 24.3. The van der Waals surface area contributed by atoms with E-state index in [1.807, 2.05) is 11.8 Å². The molecule has 0 atom stereocenters. The Balaban J connectivity index is 1.46. The Kier molecular flexibility index (Phi) is 7.57. The van der Waals surface area contributed by atoms with Crippen molar-refractivity contribution in [3.05, 3.63) is 42.1 Å². The number of benzene rings is 1. The average molecular weight is 489 g/mol. The minimum Gasteiger partial charge on any atom is -0.494 e. The molecule has 2 aliphatic heterocycles. The highest BCUT2D eigenvalue weighted by Gasteiger charge is 2.28. The van der Waals surface area contributed by atoms with Crippen LogP contribution in [0.15, 0.2) is 41.4 Å². The molecule has 0 amide bonds. The lowest BCUT2D eigenvalue weighted by Gasteiger charge is -2.40. The molecule has 34 heavy (non-hydrogen) atoms. The van der Waals surface area contributed by atoms with Crippen molar-refractivity contribution in [3.63, 3.8) is 0 Å². The number of carboxylic acids is 1. The third-order valence-corrected chi connectivity index (χ3v) is 7.86. The smallest absolute Gasteiger partial charge is 0.339 e. The second-order valence-corrected chi connectivity index (χ2v) is 10.4. The molecule has 2 aromatic rings. The summed E-state index contributed by atoms with van der Waals surface area (Å²) in [7, 11) is -3.90. The summed E-state index contributed by atoms with van der Waals surface area (Å²) in [6.07, 6.45) is 7.11. The van der Waals surface area contributed by atoms with E-state index in [2.05, 4.69) is 14.6 Å². The maximum atomic E-state index is 12.8. The molecule has 1 aromatic carbocycles. The number of piperidine rings is 2. The van der Waals surface area contributed by atoms with Gasteiger partial charge in [-0.25, -0.2) is 18.2 Å². The van der Waals surface area contributed by atoms with Crippen molar-refractivity contribution < 1.29 is 23.1 Å². The van der Waals surface area contributed by atoms with Gasteiger partial charge < -0.3 is 19.6 Å². The second kappa shape index (κ2) is 10.6. The number of aromatic carboxylic acids is 1. The number of carbonyl (C=O) groups is 1. The summed E-state index contributed by atoms with van der Waals surface area (Å²) in [5.74, 6) is -0.180. The van der Waals surface area contributed by atoms with Gasteiger partial charge in [0.25, 0.3) is 10.0 Å². The Morgan fingerprint density at radius 2 is 1.79 bits per heavy atom. The number of aromatic nitrogens is 1. The number of nitrogens with zero attached hydrogens (tertiary/aromatic N) is 3. The molecule has 0 bridgehead atoms. The monoisotopic (exact) mass is 488 g/mol. The van der Waals surface area contributed by atoms with E-state index in [1.54, 1.807) is 12.1 Å². The predicted octanol–water partition coefficient (Wildman–Crippen LogP) is 3.43. The third-order valence-electron chi connectivity index (χ3n) is 6.47. The summed E-state index contributed by atoms with van der Waals surface area (Å²) in [5, 5.41) is 9.81. The van der Waals surface area contributed by atoms with Crippen LogP contribution in [0.3, 0.4) is 0 Å². The molecule has 2 fully saturated rings. The number of likely N-dealkylation sites (tertiary alicyclic amines) is 1.